The van der Waals surface area contributed by atoms with Crippen molar-refractivity contribution in [3.63, 3.8) is 0 Å². The molecule has 34 heavy (non-hydrogen) atoms. The van der Waals surface area contributed by atoms with Crippen LogP contribution in [-0.2, 0) is 4.79 Å². The molecule has 0 unspecified atom stereocenters. The molecular formula is C24H24N6O3S. The van der Waals surface area contributed by atoms with Crippen molar-refractivity contribution in [2.45, 2.75) is 12.1 Å². The summed E-state index contributed by atoms with van der Waals surface area (Å²) in [5.41, 5.74) is 7.90. The quantitative estimate of drug-likeness (QED) is 0.388. The van der Waals surface area contributed by atoms with E-state index in [1.54, 1.807) is 14.1 Å². The number of para-hydroxylation sites is 1. The van der Waals surface area contributed by atoms with E-state index in [1.807, 2.05) is 66.1 Å². The fraction of sp³-hybridized carbons (Fsp3) is 0.208. The summed E-state index contributed by atoms with van der Waals surface area (Å²) in [6.07, 6.45) is 0. The Morgan fingerprint density at radius 1 is 1.03 bits per heavy atom. The zero-order valence-corrected chi connectivity index (χ0v) is 19.9. The molecule has 2 heterocycles. The van der Waals surface area contributed by atoms with Gasteiger partial charge in [0.25, 0.3) is 5.91 Å². The fourth-order valence-corrected chi connectivity index (χ4v) is 4.26. The van der Waals surface area contributed by atoms with Crippen LogP contribution in [0.4, 0.5) is 0 Å². The van der Waals surface area contributed by atoms with E-state index in [-0.39, 0.29) is 22.9 Å². The number of nitrogens with zero attached hydrogens (tertiary/aromatic N) is 5. The van der Waals surface area contributed by atoms with E-state index in [2.05, 4.69) is 9.97 Å². The van der Waals surface area contributed by atoms with Gasteiger partial charge in [-0.1, -0.05) is 30.0 Å². The number of nitrogens with two attached hydrogens (primary N) is 1. The Morgan fingerprint density at radius 2 is 1.74 bits per heavy atom. The van der Waals surface area contributed by atoms with Gasteiger partial charge in [-0.25, -0.2) is 15.0 Å². The fourth-order valence-electron chi connectivity index (χ4n) is 3.27. The average Bonchev–Trinajstić information content (AvgIpc) is 3.21. The van der Waals surface area contributed by atoms with Gasteiger partial charge >= 0.3 is 0 Å². The Bertz CT molecular complexity index is 1340. The third-order valence-electron chi connectivity index (χ3n) is 4.97. The van der Waals surface area contributed by atoms with E-state index in [1.165, 1.54) is 16.7 Å². The van der Waals surface area contributed by atoms with Gasteiger partial charge in [0.1, 0.15) is 11.3 Å². The second kappa shape index (κ2) is 9.92. The van der Waals surface area contributed by atoms with E-state index in [9.17, 15) is 9.59 Å². The molecule has 0 aliphatic carbocycles. The smallest absolute Gasteiger partial charge is 0.269 e. The maximum Gasteiger partial charge on any atom is 0.269 e. The molecule has 2 aromatic heterocycles. The molecule has 0 aliphatic rings. The van der Waals surface area contributed by atoms with Crippen molar-refractivity contribution in [2.75, 3.05) is 26.5 Å². The van der Waals surface area contributed by atoms with Gasteiger partial charge in [0.05, 0.1) is 12.4 Å². The molecule has 4 aromatic rings. The van der Waals surface area contributed by atoms with E-state index in [0.717, 1.165) is 11.4 Å². The van der Waals surface area contributed by atoms with Crippen molar-refractivity contribution >= 4 is 34.7 Å². The van der Waals surface area contributed by atoms with Crippen LogP contribution in [0.3, 0.4) is 0 Å². The molecule has 0 atom stereocenters. The zero-order valence-electron chi connectivity index (χ0n) is 19.1. The highest BCUT2D eigenvalue weighted by molar-refractivity contribution is 7.99. The maximum atomic E-state index is 12.3. The molecule has 0 spiro atoms. The largest absolute Gasteiger partial charge is 0.494 e. The van der Waals surface area contributed by atoms with Crippen LogP contribution >= 0.6 is 11.8 Å². The number of primary amides is 1. The highest BCUT2D eigenvalue weighted by Gasteiger charge is 2.23. The molecule has 10 heteroatoms. The van der Waals surface area contributed by atoms with Crippen LogP contribution < -0.4 is 10.5 Å². The lowest BCUT2D eigenvalue weighted by atomic mass is 10.2. The van der Waals surface area contributed by atoms with Crippen LogP contribution in [-0.4, -0.2) is 62.7 Å². The lowest BCUT2D eigenvalue weighted by Crippen LogP contribution is -2.23. The number of benzene rings is 2. The lowest BCUT2D eigenvalue weighted by molar-refractivity contribution is -0.125. The first-order valence-electron chi connectivity index (χ1n) is 10.6. The average molecular weight is 477 g/mol. The summed E-state index contributed by atoms with van der Waals surface area (Å²) in [6, 6.07) is 16.8. The molecule has 0 saturated heterocycles. The van der Waals surface area contributed by atoms with Crippen molar-refractivity contribution in [1.29, 1.82) is 0 Å². The number of carbonyl (C=O) groups excluding carboxylic acids is 2. The molecule has 0 bridgehead atoms. The van der Waals surface area contributed by atoms with Crippen molar-refractivity contribution in [3.05, 3.63) is 60.3 Å². The van der Waals surface area contributed by atoms with Crippen molar-refractivity contribution in [3.8, 4) is 22.8 Å². The summed E-state index contributed by atoms with van der Waals surface area (Å²) in [4.78, 5) is 39.9. The van der Waals surface area contributed by atoms with E-state index >= 15 is 0 Å². The highest BCUT2D eigenvalue weighted by Crippen LogP contribution is 2.30. The predicted octanol–water partition coefficient (Wildman–Crippen LogP) is 3.16. The standard InChI is InChI=1S/C24H24N6O3S/c1-4-33-17-12-10-15(11-13-17)22-26-19(21(25)32)20-23(28-22)30(16-8-6-5-7-9-16)24(27-20)34-14-18(31)29(2)3/h5-13H,4,14H2,1-3H3,(H2,25,32). The molecule has 2 aromatic carbocycles. The number of aromatic nitrogens is 4. The minimum Gasteiger partial charge on any atom is -0.494 e. The van der Waals surface area contributed by atoms with Gasteiger partial charge in [0.2, 0.25) is 5.91 Å². The number of hydrogen-bond donors (Lipinski definition) is 1. The van der Waals surface area contributed by atoms with E-state index in [4.69, 9.17) is 15.5 Å². The van der Waals surface area contributed by atoms with Gasteiger partial charge in [-0.2, -0.15) is 0 Å². The first-order chi connectivity index (χ1) is 16.4. The summed E-state index contributed by atoms with van der Waals surface area (Å²) in [5.74, 6) is 0.461. The molecule has 4 rings (SSSR count). The monoisotopic (exact) mass is 476 g/mol. The Labute approximate surface area is 201 Å². The van der Waals surface area contributed by atoms with Crippen LogP contribution in [0.25, 0.3) is 28.2 Å². The Morgan fingerprint density at radius 3 is 2.35 bits per heavy atom. The molecular weight excluding hydrogens is 452 g/mol. The van der Waals surface area contributed by atoms with Crippen LogP contribution in [0.1, 0.15) is 17.4 Å². The summed E-state index contributed by atoms with van der Waals surface area (Å²) in [7, 11) is 3.39. The summed E-state index contributed by atoms with van der Waals surface area (Å²) >= 11 is 1.26. The van der Waals surface area contributed by atoms with Crippen LogP contribution in [0.15, 0.2) is 59.8 Å². The molecule has 0 aliphatic heterocycles. The lowest BCUT2D eigenvalue weighted by Gasteiger charge is -2.11. The number of carbonyl (C=O) groups is 2. The molecule has 174 valence electrons. The Balaban J connectivity index is 1.91. The van der Waals surface area contributed by atoms with Gasteiger partial charge in [-0.05, 0) is 43.3 Å². The minimum absolute atomic E-state index is 0.0179. The number of rotatable bonds is 8. The van der Waals surface area contributed by atoms with Crippen molar-refractivity contribution in [1.82, 2.24) is 24.4 Å². The van der Waals surface area contributed by atoms with E-state index < -0.39 is 5.91 Å². The Hall–Kier alpha value is -3.92. The number of amides is 2. The summed E-state index contributed by atoms with van der Waals surface area (Å²) in [6.45, 7) is 2.47. The van der Waals surface area contributed by atoms with Crippen molar-refractivity contribution < 1.29 is 14.3 Å². The van der Waals surface area contributed by atoms with E-state index in [0.29, 0.717) is 28.8 Å². The second-order valence-electron chi connectivity index (χ2n) is 7.53. The number of thioether (sulfide) groups is 1. The predicted molar refractivity (Wildman–Crippen MR) is 131 cm³/mol. The number of ether oxygens (including phenoxy) is 1. The zero-order chi connectivity index (χ0) is 24.2. The van der Waals surface area contributed by atoms with Crippen LogP contribution in [0.2, 0.25) is 0 Å². The molecule has 9 nitrogen and oxygen atoms in total. The summed E-state index contributed by atoms with van der Waals surface area (Å²) < 4.78 is 7.32. The maximum absolute atomic E-state index is 12.3. The van der Waals surface area contributed by atoms with Crippen LogP contribution in [0, 0.1) is 0 Å². The molecule has 2 amide bonds. The molecule has 0 radical (unpaired) electrons. The molecule has 0 saturated carbocycles. The number of fused-ring (bicyclic) bond motifs is 1. The first-order valence-corrected chi connectivity index (χ1v) is 11.6. The van der Waals surface area contributed by atoms with Gasteiger partial charge in [-0.15, -0.1) is 0 Å². The molecule has 2 N–H and O–H groups in total. The number of hydrogen-bond acceptors (Lipinski definition) is 7. The normalized spacial score (nSPS) is 10.9. The van der Waals surface area contributed by atoms with Gasteiger partial charge < -0.3 is 15.4 Å². The number of imidazole rings is 1. The third-order valence-corrected chi connectivity index (χ3v) is 5.89. The minimum atomic E-state index is -0.710. The second-order valence-corrected chi connectivity index (χ2v) is 8.47. The topological polar surface area (TPSA) is 116 Å². The van der Waals surface area contributed by atoms with Gasteiger partial charge in [-0.3, -0.25) is 14.2 Å². The van der Waals surface area contributed by atoms with Gasteiger partial charge in [0, 0.05) is 25.3 Å². The third kappa shape index (κ3) is 4.72. The van der Waals surface area contributed by atoms with Crippen LogP contribution in [0.5, 0.6) is 5.75 Å². The molecule has 0 fully saturated rings. The van der Waals surface area contributed by atoms with Gasteiger partial charge in [0.15, 0.2) is 22.3 Å². The first kappa shape index (κ1) is 23.2. The SMILES string of the molecule is CCOc1ccc(-c2nc(C(N)=O)c3nc(SCC(=O)N(C)C)n(-c4ccccc4)c3n2)cc1. The summed E-state index contributed by atoms with van der Waals surface area (Å²) in [5, 5.41) is 0.511. The van der Waals surface area contributed by atoms with Crippen molar-refractivity contribution in [2.24, 2.45) is 5.73 Å². The highest BCUT2D eigenvalue weighted by atomic mass is 32.2. The Kier molecular flexibility index (Phi) is 6.78.